The molecule has 0 amide bonds. The van der Waals surface area contributed by atoms with Gasteiger partial charge in [0.05, 0.1) is 23.7 Å². The molecule has 118 valence electrons. The summed E-state index contributed by atoms with van der Waals surface area (Å²) in [6, 6.07) is 1.15. The van der Waals surface area contributed by atoms with Crippen LogP contribution in [0.15, 0.2) is 6.07 Å². The number of aliphatic hydroxyl groups is 1. The Bertz CT molecular complexity index is 694. The van der Waals surface area contributed by atoms with Crippen LogP contribution in [0.3, 0.4) is 0 Å². The van der Waals surface area contributed by atoms with E-state index >= 15 is 0 Å². The molecule has 6 heteroatoms. The lowest BCUT2D eigenvalue weighted by molar-refractivity contribution is -0.142. The molecule has 0 aromatic heterocycles. The van der Waals surface area contributed by atoms with Gasteiger partial charge in [-0.05, 0) is 19.8 Å². The first-order valence-corrected chi connectivity index (χ1v) is 7.18. The zero-order chi connectivity index (χ0) is 16.3. The highest BCUT2D eigenvalue weighted by Crippen LogP contribution is 2.56. The smallest absolute Gasteiger partial charge is 0.169 e. The first-order valence-electron chi connectivity index (χ1n) is 7.18. The average molecular weight is 306 g/mol. The van der Waals surface area contributed by atoms with E-state index < -0.39 is 16.8 Å². The number of ether oxygens (including phenoxy) is 1. The third-order valence-electron chi connectivity index (χ3n) is 5.18. The molecule has 2 atom stereocenters. The summed E-state index contributed by atoms with van der Waals surface area (Å²) >= 11 is 0. The van der Waals surface area contributed by atoms with Crippen molar-refractivity contribution < 1.29 is 29.6 Å². The fraction of sp³-hybridized carbons (Fsp3) is 0.500. The maximum Gasteiger partial charge on any atom is 0.169 e. The van der Waals surface area contributed by atoms with Crippen molar-refractivity contribution in [3.63, 3.8) is 0 Å². The molecule has 3 rings (SSSR count). The van der Waals surface area contributed by atoms with Crippen molar-refractivity contribution in [1.29, 1.82) is 0 Å². The van der Waals surface area contributed by atoms with Crippen LogP contribution < -0.4 is 4.74 Å². The molecule has 2 aliphatic carbocycles. The van der Waals surface area contributed by atoms with Crippen LogP contribution in [-0.2, 0) is 10.2 Å². The van der Waals surface area contributed by atoms with Crippen LogP contribution in [0.2, 0.25) is 0 Å². The summed E-state index contributed by atoms with van der Waals surface area (Å²) < 4.78 is 5.01. The van der Waals surface area contributed by atoms with Gasteiger partial charge in [0.2, 0.25) is 0 Å². The molecule has 0 spiro atoms. The van der Waals surface area contributed by atoms with E-state index in [1.165, 1.54) is 14.0 Å². The van der Waals surface area contributed by atoms with E-state index in [9.17, 15) is 24.9 Å². The molecule has 1 saturated carbocycles. The van der Waals surface area contributed by atoms with Crippen LogP contribution in [0.25, 0.3) is 0 Å². The van der Waals surface area contributed by atoms with E-state index in [-0.39, 0.29) is 53.4 Å². The van der Waals surface area contributed by atoms with Gasteiger partial charge < -0.3 is 20.1 Å². The number of methoxy groups -OCH3 is 1. The SMILES string of the molecule is COc1cc(O)c2c(c1O)[C@@]1(C)C(=O)CCC[C@@]1(O)CC2=O. The van der Waals surface area contributed by atoms with E-state index in [0.29, 0.717) is 6.42 Å². The van der Waals surface area contributed by atoms with Gasteiger partial charge in [0.15, 0.2) is 17.3 Å². The Kier molecular flexibility index (Phi) is 3.01. The number of Topliss-reactive ketones (excluding diaryl/α,β-unsaturated/α-hetero) is 2. The molecule has 3 N–H and O–H groups in total. The summed E-state index contributed by atoms with van der Waals surface area (Å²) in [5, 5.41) is 31.5. The third kappa shape index (κ3) is 1.58. The topological polar surface area (TPSA) is 104 Å². The zero-order valence-corrected chi connectivity index (χ0v) is 12.5. The van der Waals surface area contributed by atoms with E-state index in [0.717, 1.165) is 6.07 Å². The van der Waals surface area contributed by atoms with Crippen LogP contribution in [0, 0.1) is 0 Å². The normalized spacial score (nSPS) is 30.7. The highest BCUT2D eigenvalue weighted by Gasteiger charge is 2.61. The number of aromatic hydroxyl groups is 2. The number of ketones is 2. The number of benzene rings is 1. The van der Waals surface area contributed by atoms with Gasteiger partial charge in [0.1, 0.15) is 11.5 Å². The molecule has 2 aliphatic rings. The summed E-state index contributed by atoms with van der Waals surface area (Å²) in [6.45, 7) is 1.53. The monoisotopic (exact) mass is 306 g/mol. The fourth-order valence-corrected chi connectivity index (χ4v) is 3.85. The Morgan fingerprint density at radius 1 is 1.27 bits per heavy atom. The van der Waals surface area contributed by atoms with Crippen molar-refractivity contribution in [3.8, 4) is 17.2 Å². The van der Waals surface area contributed by atoms with Gasteiger partial charge in [-0.25, -0.2) is 0 Å². The lowest BCUT2D eigenvalue weighted by Gasteiger charge is -2.50. The van der Waals surface area contributed by atoms with Gasteiger partial charge in [0.25, 0.3) is 0 Å². The summed E-state index contributed by atoms with van der Waals surface area (Å²) in [7, 11) is 1.31. The zero-order valence-electron chi connectivity index (χ0n) is 12.5. The van der Waals surface area contributed by atoms with Crippen molar-refractivity contribution in [1.82, 2.24) is 0 Å². The van der Waals surface area contributed by atoms with Gasteiger partial charge in [-0.1, -0.05) is 0 Å². The Balaban J connectivity index is 2.41. The number of phenols is 2. The second-order valence-corrected chi connectivity index (χ2v) is 6.23. The van der Waals surface area contributed by atoms with Crippen LogP contribution >= 0.6 is 0 Å². The van der Waals surface area contributed by atoms with Gasteiger partial charge >= 0.3 is 0 Å². The summed E-state index contributed by atoms with van der Waals surface area (Å²) in [6.07, 6.45) is 0.785. The Morgan fingerprint density at radius 3 is 2.59 bits per heavy atom. The number of hydrogen-bond donors (Lipinski definition) is 3. The van der Waals surface area contributed by atoms with Crippen molar-refractivity contribution in [2.75, 3.05) is 7.11 Å². The van der Waals surface area contributed by atoms with Gasteiger partial charge in [-0.2, -0.15) is 0 Å². The standard InChI is InChI=1S/C16H18O6/c1-15-11(19)4-3-5-16(15,21)7-9(18)12-8(17)6-10(22-2)14(20)13(12)15/h6,17,20-21H,3-5,7H2,1-2H3/t15-,16-/m1/s1. The number of phenolic OH excluding ortho intramolecular Hbond substituents is 2. The first-order chi connectivity index (χ1) is 10.3. The minimum Gasteiger partial charge on any atom is -0.507 e. The van der Waals surface area contributed by atoms with Crippen LogP contribution in [0.1, 0.15) is 48.5 Å². The molecule has 6 nitrogen and oxygen atoms in total. The molecule has 1 aromatic carbocycles. The molecule has 0 aliphatic heterocycles. The van der Waals surface area contributed by atoms with Crippen LogP contribution in [0.4, 0.5) is 0 Å². The maximum absolute atomic E-state index is 12.6. The molecule has 0 unspecified atom stereocenters. The molecule has 0 saturated heterocycles. The van der Waals surface area contributed by atoms with Crippen LogP contribution in [-0.4, -0.2) is 39.6 Å². The van der Waals surface area contributed by atoms with Gasteiger partial charge in [0, 0.05) is 24.5 Å². The molecular formula is C16H18O6. The highest BCUT2D eigenvalue weighted by atomic mass is 16.5. The van der Waals surface area contributed by atoms with Crippen molar-refractivity contribution in [2.24, 2.45) is 0 Å². The second kappa shape index (κ2) is 4.46. The predicted octanol–water partition coefficient (Wildman–Crippen LogP) is 1.43. The number of hydrogen-bond acceptors (Lipinski definition) is 6. The Labute approximate surface area is 127 Å². The quantitative estimate of drug-likeness (QED) is 0.678. The van der Waals surface area contributed by atoms with Gasteiger partial charge in [-0.3, -0.25) is 9.59 Å². The van der Waals surface area contributed by atoms with Crippen LogP contribution in [0.5, 0.6) is 17.2 Å². The van der Waals surface area contributed by atoms with E-state index in [4.69, 9.17) is 4.74 Å². The summed E-state index contributed by atoms with van der Waals surface area (Å²) in [5.74, 6) is -1.50. The number of carbonyl (C=O) groups is 2. The molecule has 0 heterocycles. The maximum atomic E-state index is 12.6. The van der Waals surface area contributed by atoms with E-state index in [1.54, 1.807) is 0 Å². The Hall–Kier alpha value is -2.08. The average Bonchev–Trinajstić information content (AvgIpc) is 2.45. The Morgan fingerprint density at radius 2 is 1.95 bits per heavy atom. The van der Waals surface area contributed by atoms with Gasteiger partial charge in [-0.15, -0.1) is 0 Å². The first kappa shape index (κ1) is 14.8. The summed E-state index contributed by atoms with van der Waals surface area (Å²) in [5.41, 5.74) is -3.11. The number of carbonyl (C=O) groups excluding carboxylic acids is 2. The van der Waals surface area contributed by atoms with Crippen molar-refractivity contribution in [2.45, 2.75) is 43.6 Å². The highest BCUT2D eigenvalue weighted by molar-refractivity contribution is 6.08. The molecule has 22 heavy (non-hydrogen) atoms. The molecular weight excluding hydrogens is 288 g/mol. The lowest BCUT2D eigenvalue weighted by Crippen LogP contribution is -2.61. The molecule has 1 fully saturated rings. The second-order valence-electron chi connectivity index (χ2n) is 6.23. The van der Waals surface area contributed by atoms with Crippen molar-refractivity contribution >= 4 is 11.6 Å². The summed E-state index contributed by atoms with van der Waals surface area (Å²) in [4.78, 5) is 25.0. The van der Waals surface area contributed by atoms with E-state index in [1.807, 2.05) is 0 Å². The molecule has 0 bridgehead atoms. The number of rotatable bonds is 1. The minimum absolute atomic E-state index is 0.0206. The van der Waals surface area contributed by atoms with Crippen molar-refractivity contribution in [3.05, 3.63) is 17.2 Å². The molecule has 0 radical (unpaired) electrons. The molecule has 1 aromatic rings. The number of fused-ring (bicyclic) bond motifs is 3. The minimum atomic E-state index is -1.55. The third-order valence-corrected chi connectivity index (χ3v) is 5.18. The van der Waals surface area contributed by atoms with E-state index in [2.05, 4.69) is 0 Å². The fourth-order valence-electron chi connectivity index (χ4n) is 3.85. The lowest BCUT2D eigenvalue weighted by atomic mass is 9.54. The largest absolute Gasteiger partial charge is 0.507 e. The predicted molar refractivity (Wildman–Crippen MR) is 76.4 cm³/mol.